The third-order valence-electron chi connectivity index (χ3n) is 10.5. The van der Waals surface area contributed by atoms with E-state index in [1.54, 1.807) is 0 Å². The average molecular weight is 688 g/mol. The number of aromatic nitrogens is 2. The number of hydrogen-bond donors (Lipinski definition) is 0. The number of benzene rings is 5. The normalized spacial score (nSPS) is 15.9. The van der Waals surface area contributed by atoms with Crippen LogP contribution in [0.1, 0.15) is 45.7 Å². The lowest BCUT2D eigenvalue weighted by Crippen LogP contribution is -2.32. The van der Waals surface area contributed by atoms with Gasteiger partial charge in [0.1, 0.15) is 5.69 Å². The van der Waals surface area contributed by atoms with Crippen LogP contribution in [0.25, 0.3) is 61.2 Å². The van der Waals surface area contributed by atoms with Crippen molar-refractivity contribution < 1.29 is 9.53 Å². The predicted octanol–water partition coefficient (Wildman–Crippen LogP) is 11.1. The fourth-order valence-corrected chi connectivity index (χ4v) is 8.00. The lowest BCUT2D eigenvalue weighted by Gasteiger charge is -2.36. The summed E-state index contributed by atoms with van der Waals surface area (Å²) in [6.45, 7) is 4.33. The fourth-order valence-electron chi connectivity index (χ4n) is 8.00. The molecule has 0 bridgehead atoms. The molecule has 2 atom stereocenters. The van der Waals surface area contributed by atoms with E-state index in [1.165, 1.54) is 29.5 Å². The van der Waals surface area contributed by atoms with Gasteiger partial charge in [-0.15, -0.1) is 0 Å². The molecule has 0 saturated carbocycles. The summed E-state index contributed by atoms with van der Waals surface area (Å²) in [5, 5.41) is 2.25. The summed E-state index contributed by atoms with van der Waals surface area (Å²) in [7, 11) is 1.40. The van der Waals surface area contributed by atoms with E-state index >= 15 is 0 Å². The second-order valence-corrected chi connectivity index (χ2v) is 13.8. The van der Waals surface area contributed by atoms with E-state index in [0.717, 1.165) is 55.4 Å². The van der Waals surface area contributed by atoms with Crippen LogP contribution >= 0.6 is 0 Å². The van der Waals surface area contributed by atoms with Gasteiger partial charge in [-0.3, -0.25) is 4.98 Å². The van der Waals surface area contributed by atoms with Crippen molar-refractivity contribution in [3.8, 4) is 44.8 Å². The topological polar surface area (TPSA) is 55.3 Å². The number of nitrogens with zero attached hydrogens (tertiary/aromatic N) is 3. The van der Waals surface area contributed by atoms with E-state index in [4.69, 9.17) is 14.7 Å². The van der Waals surface area contributed by atoms with E-state index in [0.29, 0.717) is 5.69 Å². The highest BCUT2D eigenvalue weighted by molar-refractivity contribution is 5.99. The van der Waals surface area contributed by atoms with Gasteiger partial charge in [0.2, 0.25) is 0 Å². The van der Waals surface area contributed by atoms with Crippen molar-refractivity contribution in [2.45, 2.75) is 25.9 Å². The maximum atomic E-state index is 13.1. The second kappa shape index (κ2) is 13.2. The van der Waals surface area contributed by atoms with Crippen molar-refractivity contribution in [3.63, 3.8) is 0 Å². The number of methoxy groups -OCH3 is 1. The van der Waals surface area contributed by atoms with Gasteiger partial charge < -0.3 is 9.64 Å². The molecule has 5 aromatic carbocycles. The molecule has 256 valence electrons. The van der Waals surface area contributed by atoms with Crippen molar-refractivity contribution in [1.82, 2.24) is 14.9 Å². The maximum absolute atomic E-state index is 13.1. The summed E-state index contributed by atoms with van der Waals surface area (Å²) < 4.78 is 5.21. The van der Waals surface area contributed by atoms with E-state index in [-0.39, 0.29) is 17.8 Å². The molecule has 0 fully saturated rings. The Bertz CT molecular complexity index is 2600. The first kappa shape index (κ1) is 32.3. The number of pyridine rings is 2. The number of fused-ring (bicyclic) bond motifs is 4. The van der Waals surface area contributed by atoms with Gasteiger partial charge in [-0.05, 0) is 89.0 Å². The molecule has 0 aliphatic carbocycles. The minimum atomic E-state index is -0.471. The van der Waals surface area contributed by atoms with E-state index in [9.17, 15) is 4.79 Å². The standard InChI is InChI=1S/C48H37N3O2/c1-30-20-22-33(23-21-30)36-28-42(50-43(29-36)48(52)53-3)38-17-9-10-18-39(38)47-45-40(44-19-11-12-31(2)51(44)47)26-35(32-13-5-4-6-14-32)27-41(45)46-37-16-8-7-15-34(37)24-25-49-46/h4-29,31,47H,1-3H3. The first-order valence-corrected chi connectivity index (χ1v) is 18.0. The molecule has 7 aromatic rings. The number of aryl methyl sites for hydroxylation is 1. The SMILES string of the molecule is COC(=O)c1cc(-c2ccc(C)cc2)cc(-c2ccccc2C2c3c(cc(-c4ccccc4)cc3-c3nccc4ccccc34)C3=CC=CC(C)N32)n1. The summed E-state index contributed by atoms with van der Waals surface area (Å²) in [6, 6.07) is 46.5. The molecule has 5 heteroatoms. The van der Waals surface area contributed by atoms with E-state index in [1.807, 2.05) is 12.3 Å². The van der Waals surface area contributed by atoms with Gasteiger partial charge in [0, 0.05) is 40.0 Å². The summed E-state index contributed by atoms with van der Waals surface area (Å²) in [5.74, 6) is -0.471. The highest BCUT2D eigenvalue weighted by Gasteiger charge is 2.41. The smallest absolute Gasteiger partial charge is 0.356 e. The number of rotatable bonds is 6. The number of carbonyl (C=O) groups is 1. The number of esters is 1. The summed E-state index contributed by atoms with van der Waals surface area (Å²) in [4.78, 5) is 25.7. The zero-order valence-electron chi connectivity index (χ0n) is 29.8. The molecule has 2 aliphatic heterocycles. The van der Waals surface area contributed by atoms with Crippen LogP contribution in [0.3, 0.4) is 0 Å². The van der Waals surface area contributed by atoms with Gasteiger partial charge in [0.05, 0.1) is 24.5 Å². The highest BCUT2D eigenvalue weighted by atomic mass is 16.5. The Labute approximate surface area is 309 Å². The van der Waals surface area contributed by atoms with Gasteiger partial charge in [-0.2, -0.15) is 0 Å². The van der Waals surface area contributed by atoms with Crippen LogP contribution in [0.5, 0.6) is 0 Å². The van der Waals surface area contributed by atoms with Crippen LogP contribution in [-0.2, 0) is 4.74 Å². The van der Waals surface area contributed by atoms with Crippen molar-refractivity contribution in [2.75, 3.05) is 7.11 Å². The molecule has 4 heterocycles. The van der Waals surface area contributed by atoms with Gasteiger partial charge in [0.25, 0.3) is 0 Å². The molecule has 2 unspecified atom stereocenters. The van der Waals surface area contributed by atoms with E-state index < -0.39 is 5.97 Å². The second-order valence-electron chi connectivity index (χ2n) is 13.8. The summed E-state index contributed by atoms with van der Waals surface area (Å²) in [5.41, 5.74) is 14.0. The van der Waals surface area contributed by atoms with Crippen molar-refractivity contribution in [2.24, 2.45) is 0 Å². The minimum absolute atomic E-state index is 0.103. The van der Waals surface area contributed by atoms with Crippen LogP contribution in [0.2, 0.25) is 0 Å². The summed E-state index contributed by atoms with van der Waals surface area (Å²) >= 11 is 0. The Morgan fingerprint density at radius 3 is 2.26 bits per heavy atom. The molecule has 9 rings (SSSR count). The molecule has 0 spiro atoms. The van der Waals surface area contributed by atoms with Crippen LogP contribution in [0, 0.1) is 6.92 Å². The summed E-state index contributed by atoms with van der Waals surface area (Å²) in [6.07, 6.45) is 8.59. The Morgan fingerprint density at radius 1 is 0.717 bits per heavy atom. The van der Waals surface area contributed by atoms with Crippen LogP contribution in [0.15, 0.2) is 158 Å². The molecule has 0 N–H and O–H groups in total. The Morgan fingerprint density at radius 2 is 1.43 bits per heavy atom. The molecule has 0 radical (unpaired) electrons. The molecular formula is C48H37N3O2. The average Bonchev–Trinajstić information content (AvgIpc) is 3.56. The highest BCUT2D eigenvalue weighted by Crippen LogP contribution is 2.54. The predicted molar refractivity (Wildman–Crippen MR) is 214 cm³/mol. The number of carbonyl (C=O) groups excluding carboxylic acids is 1. The third-order valence-corrected chi connectivity index (χ3v) is 10.5. The first-order chi connectivity index (χ1) is 26.0. The largest absolute Gasteiger partial charge is 0.464 e. The zero-order valence-corrected chi connectivity index (χ0v) is 29.8. The molecule has 0 saturated heterocycles. The lowest BCUT2D eigenvalue weighted by molar-refractivity contribution is 0.0594. The van der Waals surface area contributed by atoms with Gasteiger partial charge in [-0.1, -0.05) is 121 Å². The van der Waals surface area contributed by atoms with Crippen LogP contribution in [-0.4, -0.2) is 34.0 Å². The minimum Gasteiger partial charge on any atom is -0.464 e. The molecule has 0 amide bonds. The third kappa shape index (κ3) is 5.62. The molecule has 2 aliphatic rings. The quantitative estimate of drug-likeness (QED) is 0.163. The van der Waals surface area contributed by atoms with Crippen molar-refractivity contribution in [1.29, 1.82) is 0 Å². The first-order valence-electron chi connectivity index (χ1n) is 18.0. The van der Waals surface area contributed by atoms with Crippen molar-refractivity contribution >= 4 is 22.4 Å². The number of ether oxygens (including phenoxy) is 1. The Kier molecular flexibility index (Phi) is 8.04. The fraction of sp³-hybridized carbons (Fsp3) is 0.104. The lowest BCUT2D eigenvalue weighted by atomic mass is 9.85. The van der Waals surface area contributed by atoms with Crippen LogP contribution < -0.4 is 0 Å². The van der Waals surface area contributed by atoms with Crippen LogP contribution in [0.4, 0.5) is 0 Å². The number of hydrogen-bond acceptors (Lipinski definition) is 5. The molecule has 53 heavy (non-hydrogen) atoms. The van der Waals surface area contributed by atoms with Gasteiger partial charge >= 0.3 is 5.97 Å². The molecular weight excluding hydrogens is 651 g/mol. The maximum Gasteiger partial charge on any atom is 0.356 e. The Balaban J connectivity index is 1.33. The van der Waals surface area contributed by atoms with Gasteiger partial charge in [-0.25, -0.2) is 9.78 Å². The molecule has 2 aromatic heterocycles. The zero-order chi connectivity index (χ0) is 36.1. The van der Waals surface area contributed by atoms with E-state index in [2.05, 4.69) is 164 Å². The monoisotopic (exact) mass is 687 g/mol. The van der Waals surface area contributed by atoms with Crippen molar-refractivity contribution in [3.05, 3.63) is 186 Å². The van der Waals surface area contributed by atoms with Gasteiger partial charge in [0.15, 0.2) is 0 Å². The Hall–Kier alpha value is -6.59. The number of allylic oxidation sites excluding steroid dienone is 2. The molecule has 5 nitrogen and oxygen atoms in total.